The number of nitrogens with zero attached hydrogens (tertiary/aromatic N) is 2. The van der Waals surface area contributed by atoms with Crippen molar-refractivity contribution in [3.8, 4) is 0 Å². The van der Waals surface area contributed by atoms with Crippen molar-refractivity contribution in [1.82, 2.24) is 9.78 Å². The Labute approximate surface area is 123 Å². The number of aromatic nitrogens is 2. The van der Waals surface area contributed by atoms with Crippen LogP contribution in [0.1, 0.15) is 5.69 Å². The summed E-state index contributed by atoms with van der Waals surface area (Å²) in [5.41, 5.74) is 7.20. The number of rotatable bonds is 3. The first kappa shape index (κ1) is 13.8. The third-order valence-corrected chi connectivity index (χ3v) is 4.65. The van der Waals surface area contributed by atoms with E-state index in [1.54, 1.807) is 10.7 Å². The third-order valence-electron chi connectivity index (χ3n) is 3.34. The van der Waals surface area contributed by atoms with Crippen LogP contribution >= 0.6 is 0 Å². The summed E-state index contributed by atoms with van der Waals surface area (Å²) in [6, 6.07) is 12.0. The molecule has 4 nitrogen and oxygen atoms in total. The second kappa shape index (κ2) is 5.29. The van der Waals surface area contributed by atoms with E-state index in [1.807, 2.05) is 31.3 Å². The lowest BCUT2D eigenvalue weighted by Crippen LogP contribution is -2.00. The Bertz CT molecular complexity index is 844. The number of anilines is 1. The predicted molar refractivity (Wildman–Crippen MR) is 81.6 cm³/mol. The van der Waals surface area contributed by atoms with Crippen LogP contribution in [0.5, 0.6) is 0 Å². The summed E-state index contributed by atoms with van der Waals surface area (Å²) in [5, 5.41) is 5.36. The molecule has 0 radical (unpaired) electrons. The minimum absolute atomic E-state index is 0.0547. The van der Waals surface area contributed by atoms with Crippen molar-refractivity contribution in [2.75, 3.05) is 5.73 Å². The van der Waals surface area contributed by atoms with Crippen molar-refractivity contribution in [2.45, 2.75) is 10.6 Å². The van der Waals surface area contributed by atoms with E-state index in [1.165, 1.54) is 12.1 Å². The van der Waals surface area contributed by atoms with Crippen molar-refractivity contribution in [3.05, 3.63) is 54.0 Å². The molecule has 0 spiro atoms. The van der Waals surface area contributed by atoms with Gasteiger partial charge in [-0.05, 0) is 24.3 Å². The van der Waals surface area contributed by atoms with Crippen LogP contribution < -0.4 is 5.73 Å². The molecule has 0 aliphatic carbocycles. The maximum atomic E-state index is 13.5. The molecule has 0 fully saturated rings. The zero-order valence-electron chi connectivity index (χ0n) is 11.4. The highest BCUT2D eigenvalue weighted by atomic mass is 32.2. The van der Waals surface area contributed by atoms with Crippen molar-refractivity contribution < 1.29 is 8.60 Å². The van der Waals surface area contributed by atoms with E-state index in [0.29, 0.717) is 4.90 Å². The molecule has 108 valence electrons. The van der Waals surface area contributed by atoms with Crippen LogP contribution in [0.3, 0.4) is 0 Å². The molecular formula is C15H14FN3OS. The van der Waals surface area contributed by atoms with E-state index in [0.717, 1.165) is 16.6 Å². The van der Waals surface area contributed by atoms with Crippen LogP contribution in [-0.4, -0.2) is 14.0 Å². The Kier molecular flexibility index (Phi) is 3.47. The number of fused-ring (bicyclic) bond motifs is 1. The summed E-state index contributed by atoms with van der Waals surface area (Å²) >= 11 is 0. The fraction of sp³-hybridized carbons (Fsp3) is 0.133. The summed E-state index contributed by atoms with van der Waals surface area (Å²) in [4.78, 5) is 0.413. The summed E-state index contributed by atoms with van der Waals surface area (Å²) in [5.74, 6) is -0.309. The second-order valence-electron chi connectivity index (χ2n) is 4.76. The van der Waals surface area contributed by atoms with Gasteiger partial charge in [0.05, 0.1) is 33.5 Å². The van der Waals surface area contributed by atoms with Crippen molar-refractivity contribution in [2.24, 2.45) is 7.05 Å². The molecule has 0 bridgehead atoms. The first-order valence-corrected chi connectivity index (χ1v) is 7.72. The molecule has 0 aliphatic rings. The van der Waals surface area contributed by atoms with Gasteiger partial charge >= 0.3 is 0 Å². The molecule has 21 heavy (non-hydrogen) atoms. The third kappa shape index (κ3) is 2.54. The minimum Gasteiger partial charge on any atom is -0.396 e. The molecule has 2 N–H and O–H groups in total. The lowest BCUT2D eigenvalue weighted by atomic mass is 10.2. The first-order chi connectivity index (χ1) is 10.1. The number of benzene rings is 2. The second-order valence-corrected chi connectivity index (χ2v) is 6.21. The Hall–Kier alpha value is -2.21. The summed E-state index contributed by atoms with van der Waals surface area (Å²) in [7, 11) is 0.478. The standard InChI is InChI=1S/C15H14FN3OS/c1-19-15-5-3-2-4-11(15)14(18-19)9-21(20)10-6-7-13(17)12(16)8-10/h2-8H,9,17H2,1H3. The van der Waals surface area contributed by atoms with E-state index >= 15 is 0 Å². The molecule has 2 aromatic carbocycles. The Morgan fingerprint density at radius 1 is 1.29 bits per heavy atom. The highest BCUT2D eigenvalue weighted by Crippen LogP contribution is 2.22. The van der Waals surface area contributed by atoms with E-state index in [2.05, 4.69) is 5.10 Å². The molecule has 0 saturated heterocycles. The number of nitrogens with two attached hydrogens (primary N) is 1. The van der Waals surface area contributed by atoms with Crippen LogP contribution in [0.25, 0.3) is 10.9 Å². The van der Waals surface area contributed by atoms with Gasteiger partial charge in [-0.3, -0.25) is 8.89 Å². The Balaban J connectivity index is 1.94. The number of nitrogen functional groups attached to an aromatic ring is 1. The predicted octanol–water partition coefficient (Wildman–Crippen LogP) is 2.60. The highest BCUT2D eigenvalue weighted by Gasteiger charge is 2.13. The molecule has 6 heteroatoms. The van der Waals surface area contributed by atoms with Gasteiger partial charge in [-0.15, -0.1) is 0 Å². The molecule has 1 unspecified atom stereocenters. The number of para-hydroxylation sites is 1. The molecule has 3 aromatic rings. The molecule has 0 aliphatic heterocycles. The topological polar surface area (TPSA) is 60.9 Å². The van der Waals surface area contributed by atoms with Crippen LogP contribution in [0.4, 0.5) is 10.1 Å². The lowest BCUT2D eigenvalue weighted by molar-refractivity contribution is 0.627. The number of aryl methyl sites for hydroxylation is 1. The smallest absolute Gasteiger partial charge is 0.147 e. The average Bonchev–Trinajstić information content (AvgIpc) is 2.79. The zero-order valence-corrected chi connectivity index (χ0v) is 12.2. The lowest BCUT2D eigenvalue weighted by Gasteiger charge is -2.03. The summed E-state index contributed by atoms with van der Waals surface area (Å²) in [6.45, 7) is 0. The van der Waals surface area contributed by atoms with Crippen LogP contribution in [0.2, 0.25) is 0 Å². The number of hydrogen-bond donors (Lipinski definition) is 1. The Morgan fingerprint density at radius 3 is 2.81 bits per heavy atom. The van der Waals surface area contributed by atoms with E-state index in [-0.39, 0.29) is 11.4 Å². The van der Waals surface area contributed by atoms with Gasteiger partial charge in [-0.25, -0.2) is 4.39 Å². The summed E-state index contributed by atoms with van der Waals surface area (Å²) in [6.07, 6.45) is 0. The quantitative estimate of drug-likeness (QED) is 0.757. The largest absolute Gasteiger partial charge is 0.396 e. The van der Waals surface area contributed by atoms with Gasteiger partial charge in [0.1, 0.15) is 5.82 Å². The number of hydrogen-bond acceptors (Lipinski definition) is 3. The van der Waals surface area contributed by atoms with Gasteiger partial charge in [0, 0.05) is 17.3 Å². The van der Waals surface area contributed by atoms with Crippen LogP contribution in [0, 0.1) is 5.82 Å². The molecule has 1 heterocycles. The van der Waals surface area contributed by atoms with Crippen molar-refractivity contribution >= 4 is 27.4 Å². The molecule has 0 amide bonds. The molecule has 1 aromatic heterocycles. The van der Waals surface area contributed by atoms with Gasteiger partial charge in [-0.1, -0.05) is 18.2 Å². The van der Waals surface area contributed by atoms with E-state index < -0.39 is 16.6 Å². The molecule has 3 rings (SSSR count). The van der Waals surface area contributed by atoms with Gasteiger partial charge < -0.3 is 5.73 Å². The molecule has 0 saturated carbocycles. The van der Waals surface area contributed by atoms with E-state index in [4.69, 9.17) is 5.73 Å². The molecular weight excluding hydrogens is 289 g/mol. The SMILES string of the molecule is Cn1nc(CS(=O)c2ccc(N)c(F)c2)c2ccccc21. The number of halogens is 1. The summed E-state index contributed by atoms with van der Waals surface area (Å²) < 4.78 is 27.6. The van der Waals surface area contributed by atoms with E-state index in [9.17, 15) is 8.60 Å². The van der Waals surface area contributed by atoms with Crippen LogP contribution in [-0.2, 0) is 23.6 Å². The van der Waals surface area contributed by atoms with Gasteiger partial charge in [0.15, 0.2) is 0 Å². The zero-order chi connectivity index (χ0) is 15.0. The first-order valence-electron chi connectivity index (χ1n) is 6.40. The monoisotopic (exact) mass is 303 g/mol. The average molecular weight is 303 g/mol. The fourth-order valence-corrected chi connectivity index (χ4v) is 3.34. The van der Waals surface area contributed by atoms with Gasteiger partial charge in [0.25, 0.3) is 0 Å². The van der Waals surface area contributed by atoms with Crippen LogP contribution in [0.15, 0.2) is 47.4 Å². The highest BCUT2D eigenvalue weighted by molar-refractivity contribution is 7.84. The van der Waals surface area contributed by atoms with Gasteiger partial charge in [0.2, 0.25) is 0 Å². The Morgan fingerprint density at radius 2 is 2.05 bits per heavy atom. The molecule has 1 atom stereocenters. The van der Waals surface area contributed by atoms with Crippen molar-refractivity contribution in [1.29, 1.82) is 0 Å². The van der Waals surface area contributed by atoms with Crippen molar-refractivity contribution in [3.63, 3.8) is 0 Å². The van der Waals surface area contributed by atoms with Gasteiger partial charge in [-0.2, -0.15) is 5.10 Å². The normalized spacial score (nSPS) is 12.7. The fourth-order valence-electron chi connectivity index (χ4n) is 2.25. The minimum atomic E-state index is -1.37. The maximum absolute atomic E-state index is 13.5. The maximum Gasteiger partial charge on any atom is 0.147 e.